The number of hydrogen-bond acceptors (Lipinski definition) is 3. The third kappa shape index (κ3) is 6.40. The normalized spacial score (nSPS) is 12.3. The molecular formula is C18H29N3O2. The highest BCUT2D eigenvalue weighted by molar-refractivity contribution is 5.93. The molecule has 128 valence electrons. The van der Waals surface area contributed by atoms with E-state index in [1.807, 2.05) is 39.0 Å². The van der Waals surface area contributed by atoms with Crippen LogP contribution in [-0.4, -0.2) is 42.9 Å². The summed E-state index contributed by atoms with van der Waals surface area (Å²) in [6.07, 6.45) is 0. The Balaban J connectivity index is 2.47. The van der Waals surface area contributed by atoms with Crippen LogP contribution < -0.4 is 10.6 Å². The summed E-state index contributed by atoms with van der Waals surface area (Å²) in [6, 6.07) is 5.94. The first-order chi connectivity index (χ1) is 10.7. The van der Waals surface area contributed by atoms with Crippen molar-refractivity contribution in [3.05, 3.63) is 29.3 Å². The van der Waals surface area contributed by atoms with Gasteiger partial charge in [0.05, 0.1) is 13.1 Å². The van der Waals surface area contributed by atoms with Crippen LogP contribution in [0.1, 0.15) is 31.9 Å². The second-order valence-corrected chi connectivity index (χ2v) is 6.57. The molecule has 0 spiro atoms. The smallest absolute Gasteiger partial charge is 0.238 e. The Morgan fingerprint density at radius 2 is 1.70 bits per heavy atom. The second-order valence-electron chi connectivity index (χ2n) is 6.57. The highest BCUT2D eigenvalue weighted by Crippen LogP contribution is 2.17. The minimum Gasteiger partial charge on any atom is -0.352 e. The lowest BCUT2D eigenvalue weighted by atomic mass is 10.1. The topological polar surface area (TPSA) is 61.4 Å². The fourth-order valence-electron chi connectivity index (χ4n) is 2.09. The molecule has 0 bridgehead atoms. The summed E-state index contributed by atoms with van der Waals surface area (Å²) >= 11 is 0. The number of aryl methyl sites for hydroxylation is 1. The number of anilines is 1. The number of carbonyl (C=O) groups excluding carboxylic acids is 2. The van der Waals surface area contributed by atoms with Crippen LogP contribution in [0, 0.1) is 19.8 Å². The number of benzene rings is 1. The van der Waals surface area contributed by atoms with Crippen molar-refractivity contribution >= 4 is 17.5 Å². The van der Waals surface area contributed by atoms with Gasteiger partial charge in [-0.2, -0.15) is 0 Å². The van der Waals surface area contributed by atoms with Crippen LogP contribution in [0.4, 0.5) is 5.69 Å². The van der Waals surface area contributed by atoms with Crippen LogP contribution in [0.5, 0.6) is 0 Å². The Morgan fingerprint density at radius 3 is 2.30 bits per heavy atom. The SMILES string of the molecule is Cc1cccc(NC(=O)CN(C)CC(=O)N[C@@H](C)C(C)C)c1C. The van der Waals surface area contributed by atoms with Crippen LogP contribution in [0.25, 0.3) is 0 Å². The van der Waals surface area contributed by atoms with Gasteiger partial charge in [-0.15, -0.1) is 0 Å². The number of amides is 2. The molecule has 1 atom stereocenters. The summed E-state index contributed by atoms with van der Waals surface area (Å²) < 4.78 is 0. The molecular weight excluding hydrogens is 290 g/mol. The molecule has 1 rings (SSSR count). The predicted octanol–water partition coefficient (Wildman–Crippen LogP) is 2.33. The molecule has 0 saturated carbocycles. The molecule has 5 heteroatoms. The fourth-order valence-corrected chi connectivity index (χ4v) is 2.09. The third-order valence-corrected chi connectivity index (χ3v) is 4.09. The van der Waals surface area contributed by atoms with E-state index in [-0.39, 0.29) is 30.9 Å². The van der Waals surface area contributed by atoms with E-state index >= 15 is 0 Å². The monoisotopic (exact) mass is 319 g/mol. The lowest BCUT2D eigenvalue weighted by molar-refractivity contribution is -0.123. The number of nitrogens with zero attached hydrogens (tertiary/aromatic N) is 1. The maximum atomic E-state index is 12.1. The van der Waals surface area contributed by atoms with Gasteiger partial charge < -0.3 is 10.6 Å². The summed E-state index contributed by atoms with van der Waals surface area (Å²) in [4.78, 5) is 25.7. The van der Waals surface area contributed by atoms with Crippen LogP contribution in [0.2, 0.25) is 0 Å². The van der Waals surface area contributed by atoms with E-state index in [0.29, 0.717) is 5.92 Å². The molecule has 0 radical (unpaired) electrons. The molecule has 0 heterocycles. The molecule has 1 aromatic rings. The van der Waals surface area contributed by atoms with Gasteiger partial charge >= 0.3 is 0 Å². The van der Waals surface area contributed by atoms with Crippen molar-refractivity contribution in [2.24, 2.45) is 5.92 Å². The Labute approximate surface area is 139 Å². The van der Waals surface area contributed by atoms with E-state index in [4.69, 9.17) is 0 Å². The Kier molecular flexibility index (Phi) is 7.23. The first-order valence-corrected chi connectivity index (χ1v) is 8.04. The van der Waals surface area contributed by atoms with Crippen LogP contribution >= 0.6 is 0 Å². The van der Waals surface area contributed by atoms with Gasteiger partial charge in [-0.05, 0) is 50.9 Å². The van der Waals surface area contributed by atoms with Gasteiger partial charge in [-0.3, -0.25) is 14.5 Å². The zero-order valence-electron chi connectivity index (χ0n) is 15.1. The molecule has 1 aromatic carbocycles. The maximum Gasteiger partial charge on any atom is 0.238 e. The van der Waals surface area contributed by atoms with Crippen molar-refractivity contribution in [2.75, 3.05) is 25.5 Å². The van der Waals surface area contributed by atoms with Crippen molar-refractivity contribution in [3.63, 3.8) is 0 Å². The van der Waals surface area contributed by atoms with Crippen LogP contribution in [0.15, 0.2) is 18.2 Å². The zero-order valence-corrected chi connectivity index (χ0v) is 15.1. The van der Waals surface area contributed by atoms with Crippen molar-refractivity contribution in [1.82, 2.24) is 10.2 Å². The Morgan fingerprint density at radius 1 is 1.09 bits per heavy atom. The Bertz CT molecular complexity index is 555. The molecule has 2 N–H and O–H groups in total. The fraction of sp³-hybridized carbons (Fsp3) is 0.556. The summed E-state index contributed by atoms with van der Waals surface area (Å²) in [5.74, 6) is 0.205. The average Bonchev–Trinajstić information content (AvgIpc) is 2.43. The quantitative estimate of drug-likeness (QED) is 0.811. The minimum absolute atomic E-state index is 0.0618. The van der Waals surface area contributed by atoms with Crippen molar-refractivity contribution in [1.29, 1.82) is 0 Å². The van der Waals surface area contributed by atoms with Gasteiger partial charge in [0.25, 0.3) is 0 Å². The van der Waals surface area contributed by atoms with Gasteiger partial charge in [0, 0.05) is 11.7 Å². The lowest BCUT2D eigenvalue weighted by Crippen LogP contribution is -2.43. The highest BCUT2D eigenvalue weighted by atomic mass is 16.2. The summed E-state index contributed by atoms with van der Waals surface area (Å²) in [6.45, 7) is 10.5. The first-order valence-electron chi connectivity index (χ1n) is 8.04. The van der Waals surface area contributed by atoms with E-state index in [1.54, 1.807) is 11.9 Å². The van der Waals surface area contributed by atoms with E-state index in [1.165, 1.54) is 0 Å². The molecule has 0 saturated heterocycles. The number of rotatable bonds is 7. The molecule has 2 amide bonds. The highest BCUT2D eigenvalue weighted by Gasteiger charge is 2.14. The van der Waals surface area contributed by atoms with Crippen molar-refractivity contribution in [3.8, 4) is 0 Å². The van der Waals surface area contributed by atoms with Gasteiger partial charge in [0.1, 0.15) is 0 Å². The lowest BCUT2D eigenvalue weighted by Gasteiger charge is -2.21. The molecule has 0 aromatic heterocycles. The molecule has 23 heavy (non-hydrogen) atoms. The molecule has 0 fully saturated rings. The van der Waals surface area contributed by atoms with Crippen LogP contribution in [0.3, 0.4) is 0 Å². The molecule has 0 aliphatic rings. The second kappa shape index (κ2) is 8.67. The Hall–Kier alpha value is -1.88. The van der Waals surface area contributed by atoms with E-state index < -0.39 is 0 Å². The van der Waals surface area contributed by atoms with Gasteiger partial charge in [0.2, 0.25) is 11.8 Å². The average molecular weight is 319 g/mol. The largest absolute Gasteiger partial charge is 0.352 e. The number of hydrogen-bond donors (Lipinski definition) is 2. The minimum atomic E-state index is -0.120. The first kappa shape index (κ1) is 19.2. The van der Waals surface area contributed by atoms with E-state index in [9.17, 15) is 9.59 Å². The van der Waals surface area contributed by atoms with Crippen molar-refractivity contribution < 1.29 is 9.59 Å². The number of nitrogens with one attached hydrogen (secondary N) is 2. The van der Waals surface area contributed by atoms with Gasteiger partial charge in [-0.25, -0.2) is 0 Å². The van der Waals surface area contributed by atoms with Crippen molar-refractivity contribution in [2.45, 2.75) is 40.7 Å². The molecule has 0 aliphatic heterocycles. The van der Waals surface area contributed by atoms with E-state index in [0.717, 1.165) is 16.8 Å². The van der Waals surface area contributed by atoms with Gasteiger partial charge in [-0.1, -0.05) is 26.0 Å². The number of carbonyl (C=O) groups is 2. The number of likely N-dealkylation sites (N-methyl/N-ethyl adjacent to an activating group) is 1. The maximum absolute atomic E-state index is 12.1. The zero-order chi connectivity index (χ0) is 17.6. The summed E-state index contributed by atoms with van der Waals surface area (Å²) in [7, 11) is 1.77. The molecule has 0 unspecified atom stereocenters. The molecule has 5 nitrogen and oxygen atoms in total. The predicted molar refractivity (Wildman–Crippen MR) is 94.5 cm³/mol. The van der Waals surface area contributed by atoms with Gasteiger partial charge in [0.15, 0.2) is 0 Å². The summed E-state index contributed by atoms with van der Waals surface area (Å²) in [5, 5.41) is 5.84. The van der Waals surface area contributed by atoms with Crippen LogP contribution in [-0.2, 0) is 9.59 Å². The van der Waals surface area contributed by atoms with E-state index in [2.05, 4.69) is 24.5 Å². The summed E-state index contributed by atoms with van der Waals surface area (Å²) in [5.41, 5.74) is 3.02. The third-order valence-electron chi connectivity index (χ3n) is 4.09. The molecule has 0 aliphatic carbocycles. The standard InChI is InChI=1S/C18H29N3O2/c1-12(2)15(5)19-17(22)10-21(6)11-18(23)20-16-9-7-8-13(3)14(16)4/h7-9,12,15H,10-11H2,1-6H3,(H,19,22)(H,20,23)/t15-/m0/s1.